The Morgan fingerprint density at radius 3 is 2.32 bits per heavy atom. The van der Waals surface area contributed by atoms with Gasteiger partial charge in [0.05, 0.1) is 18.2 Å². The molecule has 2 aliphatic rings. The Morgan fingerprint density at radius 2 is 1.68 bits per heavy atom. The average Bonchev–Trinajstić information content (AvgIpc) is 3.15. The number of carboxylic acids is 1. The van der Waals surface area contributed by atoms with Gasteiger partial charge < -0.3 is 5.11 Å². The second-order valence-corrected chi connectivity index (χ2v) is 9.66. The first kappa shape index (κ1) is 22.0. The summed E-state index contributed by atoms with van der Waals surface area (Å²) >= 11 is 6.94. The zero-order valence-corrected chi connectivity index (χ0v) is 20.0. The molecule has 160 valence electrons. The van der Waals surface area contributed by atoms with E-state index in [0.717, 1.165) is 50.6 Å². The van der Waals surface area contributed by atoms with E-state index in [1.807, 2.05) is 36.4 Å². The van der Waals surface area contributed by atoms with Gasteiger partial charge in [-0.05, 0) is 66.3 Å². The molecule has 2 atom stereocenters. The first-order chi connectivity index (χ1) is 14.9. The quantitative estimate of drug-likeness (QED) is 0.486. The third-order valence-electron chi connectivity index (χ3n) is 5.73. The van der Waals surface area contributed by atoms with Crippen LogP contribution in [0.3, 0.4) is 0 Å². The summed E-state index contributed by atoms with van der Waals surface area (Å²) in [5, 5.41) is 15.3. The van der Waals surface area contributed by atoms with Crippen LogP contribution in [0.15, 0.2) is 68.2 Å². The Morgan fingerprint density at radius 1 is 1.03 bits per heavy atom. The number of fused-ring (bicyclic) bond motifs is 1. The highest BCUT2D eigenvalue weighted by Gasteiger charge is 2.43. The molecule has 0 radical (unpaired) electrons. The molecule has 0 spiro atoms. The molecule has 2 aromatic carbocycles. The monoisotopic (exact) mass is 544 g/mol. The third-order valence-corrected chi connectivity index (χ3v) is 6.79. The lowest BCUT2D eigenvalue weighted by atomic mass is 9.77. The molecule has 2 unspecified atom stereocenters. The molecular formula is C24H22Br2N2O3. The predicted octanol–water partition coefficient (Wildman–Crippen LogP) is 6.20. The fraction of sp³-hybridized carbons (Fsp3) is 0.292. The van der Waals surface area contributed by atoms with E-state index in [1.54, 1.807) is 0 Å². The summed E-state index contributed by atoms with van der Waals surface area (Å²) in [5.41, 5.74) is 4.21. The number of benzene rings is 2. The SMILES string of the molecule is O=C(O)CCC(=O)N1N=C2C(=Cc3ccc(Br)cc3)CCCC2C1c1ccc(Br)cc1. The van der Waals surface area contributed by atoms with E-state index in [4.69, 9.17) is 10.2 Å². The number of hydrogen-bond donors (Lipinski definition) is 1. The largest absolute Gasteiger partial charge is 0.481 e. The molecule has 0 aromatic heterocycles. The summed E-state index contributed by atoms with van der Waals surface area (Å²) in [6.07, 6.45) is 4.78. The molecule has 2 aromatic rings. The Balaban J connectivity index is 1.70. The fourth-order valence-corrected chi connectivity index (χ4v) is 4.82. The van der Waals surface area contributed by atoms with Gasteiger partial charge in [-0.1, -0.05) is 56.1 Å². The minimum atomic E-state index is -0.978. The van der Waals surface area contributed by atoms with Crippen molar-refractivity contribution in [1.29, 1.82) is 0 Å². The van der Waals surface area contributed by atoms with E-state index in [2.05, 4.69) is 50.1 Å². The average molecular weight is 546 g/mol. The van der Waals surface area contributed by atoms with Gasteiger partial charge in [-0.15, -0.1) is 0 Å². The van der Waals surface area contributed by atoms with Crippen LogP contribution in [-0.4, -0.2) is 27.7 Å². The van der Waals surface area contributed by atoms with Gasteiger partial charge in [-0.2, -0.15) is 5.10 Å². The number of hydrogen-bond acceptors (Lipinski definition) is 3. The van der Waals surface area contributed by atoms with Crippen molar-refractivity contribution in [2.24, 2.45) is 11.0 Å². The third kappa shape index (κ3) is 4.99. The molecule has 1 fully saturated rings. The Hall–Kier alpha value is -2.25. The highest BCUT2D eigenvalue weighted by atomic mass is 79.9. The van der Waals surface area contributed by atoms with Gasteiger partial charge >= 0.3 is 5.97 Å². The van der Waals surface area contributed by atoms with Gasteiger partial charge in [-0.25, -0.2) is 5.01 Å². The van der Waals surface area contributed by atoms with Gasteiger partial charge in [0.2, 0.25) is 5.91 Å². The van der Waals surface area contributed by atoms with Crippen LogP contribution in [0, 0.1) is 5.92 Å². The van der Waals surface area contributed by atoms with Crippen LogP contribution < -0.4 is 0 Å². The Labute approximate surface area is 198 Å². The van der Waals surface area contributed by atoms with E-state index >= 15 is 0 Å². The number of aliphatic carboxylic acids is 1. The van der Waals surface area contributed by atoms with E-state index in [-0.39, 0.29) is 30.7 Å². The van der Waals surface area contributed by atoms with Gasteiger partial charge in [0.15, 0.2) is 0 Å². The van der Waals surface area contributed by atoms with Crippen molar-refractivity contribution < 1.29 is 14.7 Å². The van der Waals surface area contributed by atoms with Crippen LogP contribution in [0.1, 0.15) is 49.3 Å². The van der Waals surface area contributed by atoms with Crippen molar-refractivity contribution in [3.05, 3.63) is 74.2 Å². The van der Waals surface area contributed by atoms with Gasteiger partial charge in [0.25, 0.3) is 0 Å². The second-order valence-electron chi connectivity index (χ2n) is 7.83. The molecule has 1 N–H and O–H groups in total. The van der Waals surface area contributed by atoms with E-state index in [0.29, 0.717) is 0 Å². The Bertz CT molecular complexity index is 1050. The van der Waals surface area contributed by atoms with Crippen molar-refractivity contribution >= 4 is 55.5 Å². The maximum Gasteiger partial charge on any atom is 0.303 e. The number of carbonyl (C=O) groups excluding carboxylic acids is 1. The zero-order chi connectivity index (χ0) is 22.0. The molecule has 0 saturated heterocycles. The molecule has 1 saturated carbocycles. The minimum Gasteiger partial charge on any atom is -0.481 e. The molecule has 1 heterocycles. The molecular weight excluding hydrogens is 524 g/mol. The highest BCUT2D eigenvalue weighted by Crippen LogP contribution is 2.44. The summed E-state index contributed by atoms with van der Waals surface area (Å²) in [7, 11) is 0. The molecule has 0 bridgehead atoms. The van der Waals surface area contributed by atoms with Crippen molar-refractivity contribution in [3.8, 4) is 0 Å². The molecule has 5 nitrogen and oxygen atoms in total. The maximum absolute atomic E-state index is 13.0. The number of nitrogens with zero attached hydrogens (tertiary/aromatic N) is 2. The van der Waals surface area contributed by atoms with Crippen LogP contribution in [-0.2, 0) is 9.59 Å². The molecule has 1 aliphatic heterocycles. The summed E-state index contributed by atoms with van der Waals surface area (Å²) in [6.45, 7) is 0. The number of hydrazone groups is 1. The predicted molar refractivity (Wildman–Crippen MR) is 127 cm³/mol. The van der Waals surface area contributed by atoms with E-state index in [9.17, 15) is 9.59 Å². The number of allylic oxidation sites excluding steroid dienone is 1. The standard InChI is InChI=1S/C24H22Br2N2O3/c25-18-8-4-15(5-9-18)14-17-2-1-3-20-23(17)27-28(21(29)12-13-22(30)31)24(20)16-6-10-19(26)11-7-16/h4-11,14,20,24H,1-3,12-13H2,(H,30,31). The van der Waals surface area contributed by atoms with E-state index < -0.39 is 5.97 Å². The number of halogens is 2. The van der Waals surface area contributed by atoms with Gasteiger partial charge in [0.1, 0.15) is 0 Å². The summed E-state index contributed by atoms with van der Waals surface area (Å²) in [4.78, 5) is 24.0. The van der Waals surface area contributed by atoms with Crippen LogP contribution in [0.2, 0.25) is 0 Å². The number of carbonyl (C=O) groups is 2. The topological polar surface area (TPSA) is 70.0 Å². The summed E-state index contributed by atoms with van der Waals surface area (Å²) in [6, 6.07) is 15.9. The highest BCUT2D eigenvalue weighted by molar-refractivity contribution is 9.10. The first-order valence-electron chi connectivity index (χ1n) is 10.3. The van der Waals surface area contributed by atoms with Crippen LogP contribution >= 0.6 is 31.9 Å². The van der Waals surface area contributed by atoms with Gasteiger partial charge in [0, 0.05) is 21.3 Å². The van der Waals surface area contributed by atoms with Crippen molar-refractivity contribution in [2.45, 2.75) is 38.1 Å². The normalized spacial score (nSPS) is 21.7. The number of amides is 1. The first-order valence-corrected chi connectivity index (χ1v) is 11.9. The van der Waals surface area contributed by atoms with Crippen LogP contribution in [0.4, 0.5) is 0 Å². The number of rotatable bonds is 5. The molecule has 1 amide bonds. The van der Waals surface area contributed by atoms with Crippen molar-refractivity contribution in [3.63, 3.8) is 0 Å². The van der Waals surface area contributed by atoms with Gasteiger partial charge in [-0.3, -0.25) is 9.59 Å². The van der Waals surface area contributed by atoms with Crippen molar-refractivity contribution in [2.75, 3.05) is 0 Å². The molecule has 31 heavy (non-hydrogen) atoms. The number of carboxylic acid groups (broad SMARTS) is 1. The molecule has 7 heteroatoms. The minimum absolute atomic E-state index is 0.0579. The summed E-state index contributed by atoms with van der Waals surface area (Å²) < 4.78 is 2.00. The smallest absolute Gasteiger partial charge is 0.303 e. The molecule has 4 rings (SSSR count). The van der Waals surface area contributed by atoms with Crippen molar-refractivity contribution in [1.82, 2.24) is 5.01 Å². The maximum atomic E-state index is 13.0. The lowest BCUT2D eigenvalue weighted by Crippen LogP contribution is -2.32. The van der Waals surface area contributed by atoms with Crippen LogP contribution in [0.25, 0.3) is 6.08 Å². The fourth-order valence-electron chi connectivity index (χ4n) is 4.29. The molecule has 1 aliphatic carbocycles. The second kappa shape index (κ2) is 9.49. The summed E-state index contributed by atoms with van der Waals surface area (Å²) in [5.74, 6) is -1.13. The lowest BCUT2D eigenvalue weighted by molar-refractivity contribution is -0.141. The van der Waals surface area contributed by atoms with Crippen LogP contribution in [0.5, 0.6) is 0 Å². The zero-order valence-electron chi connectivity index (χ0n) is 16.8. The lowest BCUT2D eigenvalue weighted by Gasteiger charge is -2.29. The Kier molecular flexibility index (Phi) is 6.72. The van der Waals surface area contributed by atoms with E-state index in [1.165, 1.54) is 5.01 Å².